The molecule has 46 heavy (non-hydrogen) atoms. The number of unbranched alkanes of at least 4 members (excludes halogenated alkanes) is 1. The first kappa shape index (κ1) is 34.7. The van der Waals surface area contributed by atoms with Crippen molar-refractivity contribution >= 4 is 40.8 Å². The molecule has 0 saturated heterocycles. The van der Waals surface area contributed by atoms with Crippen molar-refractivity contribution in [1.82, 2.24) is 0 Å². The van der Waals surface area contributed by atoms with Gasteiger partial charge in [0, 0.05) is 52.5 Å². The molecule has 3 aromatic carbocycles. The van der Waals surface area contributed by atoms with Gasteiger partial charge in [-0.15, -0.1) is 0 Å². The Labute approximate surface area is 274 Å². The molecule has 1 aliphatic heterocycles. The smallest absolute Gasteiger partial charge is 0.303 e. The maximum Gasteiger partial charge on any atom is 0.303 e. The molecule has 0 fully saturated rings. The summed E-state index contributed by atoms with van der Waals surface area (Å²) in [5.74, 6) is -0.799. The van der Waals surface area contributed by atoms with Crippen LogP contribution in [0.5, 0.6) is 11.5 Å². The van der Waals surface area contributed by atoms with Crippen molar-refractivity contribution in [3.63, 3.8) is 0 Å². The molecule has 3 N–H and O–H groups in total. The predicted octanol–water partition coefficient (Wildman–Crippen LogP) is 6.02. The minimum Gasteiger partial charge on any atom is -0.493 e. The molecule has 0 saturated carbocycles. The molecule has 3 aromatic rings. The fourth-order valence-electron chi connectivity index (χ4n) is 5.50. The average Bonchev–Trinajstić information content (AvgIpc) is 3.13. The lowest BCUT2D eigenvalue weighted by atomic mass is 9.92. The van der Waals surface area contributed by atoms with Crippen LogP contribution >= 0.6 is 11.6 Å². The second kappa shape index (κ2) is 15.4. The number of carboxylic acids is 1. The van der Waals surface area contributed by atoms with Gasteiger partial charge in [-0.2, -0.15) is 0 Å². The van der Waals surface area contributed by atoms with E-state index in [-0.39, 0.29) is 26.0 Å². The number of ether oxygens (including phenoxy) is 3. The third-order valence-corrected chi connectivity index (χ3v) is 8.06. The van der Waals surface area contributed by atoms with Gasteiger partial charge in [0.1, 0.15) is 12.2 Å². The van der Waals surface area contributed by atoms with Crippen LogP contribution in [-0.4, -0.2) is 61.5 Å². The van der Waals surface area contributed by atoms with Gasteiger partial charge in [0.2, 0.25) is 5.91 Å². The summed E-state index contributed by atoms with van der Waals surface area (Å²) < 4.78 is 17.8. The second-order valence-electron chi connectivity index (χ2n) is 12.1. The molecule has 2 amide bonds. The SMILES string of the molecule is COc1cccc([C@H]2O[C@H](CC(=O)Nc3cccc(CCCCC(=O)O)c3)C(=O)N(CC(C)(C)CO)c3ccc(Cl)cc32)c1OC. The molecule has 1 aliphatic rings. The largest absolute Gasteiger partial charge is 0.493 e. The average molecular weight is 653 g/mol. The van der Waals surface area contributed by atoms with Crippen molar-refractivity contribution in [3.05, 3.63) is 82.4 Å². The number of hydrogen-bond donors (Lipinski definition) is 3. The van der Waals surface area contributed by atoms with Gasteiger partial charge in [0.05, 0.1) is 20.6 Å². The van der Waals surface area contributed by atoms with E-state index in [1.165, 1.54) is 14.2 Å². The van der Waals surface area contributed by atoms with E-state index in [0.29, 0.717) is 58.3 Å². The number of carbonyl (C=O) groups excluding carboxylic acids is 2. The van der Waals surface area contributed by atoms with Crippen molar-refractivity contribution in [2.75, 3.05) is 37.6 Å². The summed E-state index contributed by atoms with van der Waals surface area (Å²) in [6, 6.07) is 17.9. The normalized spacial score (nSPS) is 16.4. The number of para-hydroxylation sites is 1. The molecular weight excluding hydrogens is 612 g/mol. The fourth-order valence-corrected chi connectivity index (χ4v) is 5.68. The number of carboxylic acid groups (broad SMARTS) is 1. The first-order valence-electron chi connectivity index (χ1n) is 15.1. The van der Waals surface area contributed by atoms with Crippen molar-refractivity contribution in [1.29, 1.82) is 0 Å². The Morgan fingerprint density at radius 1 is 1.02 bits per heavy atom. The zero-order valence-corrected chi connectivity index (χ0v) is 27.3. The van der Waals surface area contributed by atoms with Gasteiger partial charge >= 0.3 is 5.97 Å². The van der Waals surface area contributed by atoms with E-state index in [1.807, 2.05) is 38.1 Å². The quantitative estimate of drug-likeness (QED) is 0.180. The van der Waals surface area contributed by atoms with Gasteiger partial charge in [0.15, 0.2) is 11.5 Å². The molecule has 4 rings (SSSR count). The summed E-state index contributed by atoms with van der Waals surface area (Å²) in [6.07, 6.45) is -0.323. The Morgan fingerprint density at radius 3 is 2.48 bits per heavy atom. The maximum atomic E-state index is 14.3. The highest BCUT2D eigenvalue weighted by atomic mass is 35.5. The Hall–Kier alpha value is -4.12. The van der Waals surface area contributed by atoms with E-state index < -0.39 is 35.4 Å². The van der Waals surface area contributed by atoms with Crippen LogP contribution in [0.15, 0.2) is 60.7 Å². The molecule has 246 valence electrons. The molecule has 0 radical (unpaired) electrons. The Morgan fingerprint density at radius 2 is 1.78 bits per heavy atom. The number of halogens is 1. The molecule has 0 aliphatic carbocycles. The van der Waals surface area contributed by atoms with Crippen LogP contribution in [0.2, 0.25) is 5.02 Å². The van der Waals surface area contributed by atoms with Crippen molar-refractivity contribution < 1.29 is 38.8 Å². The van der Waals surface area contributed by atoms with Crippen LogP contribution in [-0.2, 0) is 25.5 Å². The third kappa shape index (κ3) is 8.57. The topological polar surface area (TPSA) is 135 Å². The molecule has 11 heteroatoms. The standard InChI is InChI=1S/C35H41ClN2O8/c1-35(2,21-39)20-38-27-16-15-23(36)18-26(27)32(25-12-8-13-28(44-3)33(25)45-4)46-29(34(38)43)19-30(40)37-24-11-7-10-22(17-24)9-5-6-14-31(41)42/h7-8,10-13,15-18,29,32,39H,5-6,9,14,19-21H2,1-4H3,(H,37,40)(H,41,42)/t29-,32-/m1/s1. The highest BCUT2D eigenvalue weighted by molar-refractivity contribution is 6.30. The van der Waals surface area contributed by atoms with Crippen LogP contribution in [0.4, 0.5) is 11.4 Å². The number of aryl methyl sites for hydroxylation is 1. The molecule has 0 unspecified atom stereocenters. The number of aliphatic hydroxyl groups is 1. The number of benzene rings is 3. The third-order valence-electron chi connectivity index (χ3n) is 7.82. The van der Waals surface area contributed by atoms with Gasteiger partial charge in [-0.1, -0.05) is 49.7 Å². The van der Waals surface area contributed by atoms with E-state index in [2.05, 4.69) is 5.32 Å². The molecule has 1 heterocycles. The Bertz CT molecular complexity index is 1560. The Kier molecular flexibility index (Phi) is 11.7. The molecule has 10 nitrogen and oxygen atoms in total. The van der Waals surface area contributed by atoms with Crippen molar-refractivity contribution in [2.24, 2.45) is 5.41 Å². The number of aliphatic hydroxyl groups excluding tert-OH is 1. The number of nitrogens with one attached hydrogen (secondary N) is 1. The minimum absolute atomic E-state index is 0.108. The minimum atomic E-state index is -1.21. The number of methoxy groups -OCH3 is 2. The highest BCUT2D eigenvalue weighted by Gasteiger charge is 2.40. The van der Waals surface area contributed by atoms with E-state index in [1.54, 1.807) is 41.3 Å². The van der Waals surface area contributed by atoms with Gasteiger partial charge < -0.3 is 34.6 Å². The number of rotatable bonds is 14. The predicted molar refractivity (Wildman–Crippen MR) is 176 cm³/mol. The number of aliphatic carboxylic acids is 1. The molecule has 0 bridgehead atoms. The summed E-state index contributed by atoms with van der Waals surface area (Å²) in [5.41, 5.74) is 2.57. The summed E-state index contributed by atoms with van der Waals surface area (Å²) in [6.45, 7) is 3.68. The summed E-state index contributed by atoms with van der Waals surface area (Å²) in [5, 5.41) is 22.3. The number of anilines is 2. The van der Waals surface area contributed by atoms with Gasteiger partial charge in [0.25, 0.3) is 5.91 Å². The first-order valence-corrected chi connectivity index (χ1v) is 15.5. The van der Waals surface area contributed by atoms with Crippen LogP contribution in [0, 0.1) is 5.41 Å². The van der Waals surface area contributed by atoms with Crippen molar-refractivity contribution in [2.45, 2.75) is 58.2 Å². The van der Waals surface area contributed by atoms with E-state index in [0.717, 1.165) is 5.56 Å². The Balaban J connectivity index is 1.68. The van der Waals surface area contributed by atoms with E-state index in [4.69, 9.17) is 30.9 Å². The van der Waals surface area contributed by atoms with E-state index >= 15 is 0 Å². The number of carbonyl (C=O) groups is 3. The van der Waals surface area contributed by atoms with Crippen LogP contribution < -0.4 is 19.7 Å². The van der Waals surface area contributed by atoms with Crippen LogP contribution in [0.3, 0.4) is 0 Å². The number of nitrogens with zero attached hydrogens (tertiary/aromatic N) is 1. The van der Waals surface area contributed by atoms with Crippen LogP contribution in [0.25, 0.3) is 0 Å². The zero-order chi connectivity index (χ0) is 33.4. The van der Waals surface area contributed by atoms with Crippen molar-refractivity contribution in [3.8, 4) is 11.5 Å². The lowest BCUT2D eigenvalue weighted by molar-refractivity contribution is -0.137. The second-order valence-corrected chi connectivity index (χ2v) is 12.5. The first-order chi connectivity index (χ1) is 22.0. The van der Waals surface area contributed by atoms with Gasteiger partial charge in [-0.3, -0.25) is 14.4 Å². The van der Waals surface area contributed by atoms with Crippen LogP contribution in [0.1, 0.15) is 62.3 Å². The monoisotopic (exact) mass is 652 g/mol. The van der Waals surface area contributed by atoms with E-state index in [9.17, 15) is 19.5 Å². The maximum absolute atomic E-state index is 14.3. The lowest BCUT2D eigenvalue weighted by Crippen LogP contribution is -2.46. The number of hydrogen-bond acceptors (Lipinski definition) is 7. The van der Waals surface area contributed by atoms with Gasteiger partial charge in [-0.05, 0) is 61.2 Å². The summed E-state index contributed by atoms with van der Waals surface area (Å²) >= 11 is 6.49. The summed E-state index contributed by atoms with van der Waals surface area (Å²) in [7, 11) is 3.05. The molecule has 2 atom stereocenters. The summed E-state index contributed by atoms with van der Waals surface area (Å²) in [4.78, 5) is 40.2. The lowest BCUT2D eigenvalue weighted by Gasteiger charge is -2.32. The van der Waals surface area contributed by atoms with Gasteiger partial charge in [-0.25, -0.2) is 0 Å². The fraction of sp³-hybridized carbons (Fsp3) is 0.400. The zero-order valence-electron chi connectivity index (χ0n) is 26.5. The number of fused-ring (bicyclic) bond motifs is 1. The number of amides is 2. The molecule has 0 spiro atoms. The highest BCUT2D eigenvalue weighted by Crippen LogP contribution is 2.45. The molecule has 0 aromatic heterocycles. The molecular formula is C35H41ClN2O8.